The van der Waals surface area contributed by atoms with Crippen molar-refractivity contribution in [3.63, 3.8) is 0 Å². The van der Waals surface area contributed by atoms with Gasteiger partial charge in [-0.2, -0.15) is 0 Å². The lowest BCUT2D eigenvalue weighted by molar-refractivity contribution is 0.243. The third-order valence-electron chi connectivity index (χ3n) is 1.38. The van der Waals surface area contributed by atoms with Crippen molar-refractivity contribution in [3.05, 3.63) is 11.5 Å². The van der Waals surface area contributed by atoms with Crippen LogP contribution in [-0.4, -0.2) is 25.6 Å². The first kappa shape index (κ1) is 6.46. The molecular formula is C7H13NO. The first-order valence-corrected chi connectivity index (χ1v) is 3.28. The van der Waals surface area contributed by atoms with Gasteiger partial charge in [0.1, 0.15) is 5.76 Å². The maximum atomic E-state index is 5.26. The summed E-state index contributed by atoms with van der Waals surface area (Å²) in [6.45, 7) is 2.81. The van der Waals surface area contributed by atoms with Gasteiger partial charge >= 0.3 is 0 Å². The maximum Gasteiger partial charge on any atom is 0.121 e. The van der Waals surface area contributed by atoms with Gasteiger partial charge in [0.05, 0.1) is 18.7 Å². The van der Waals surface area contributed by atoms with Gasteiger partial charge < -0.3 is 9.64 Å². The molecule has 0 spiro atoms. The zero-order valence-electron chi connectivity index (χ0n) is 6.27. The molecule has 2 heteroatoms. The minimum Gasteiger partial charge on any atom is -0.496 e. The molecule has 2 nitrogen and oxygen atoms in total. The molecule has 0 fully saturated rings. The van der Waals surface area contributed by atoms with E-state index in [0.29, 0.717) is 0 Å². The van der Waals surface area contributed by atoms with Crippen LogP contribution in [0.15, 0.2) is 11.5 Å². The van der Waals surface area contributed by atoms with Gasteiger partial charge in [-0.25, -0.2) is 0 Å². The molecule has 0 bridgehead atoms. The van der Waals surface area contributed by atoms with Crippen LogP contribution in [0.5, 0.6) is 0 Å². The monoisotopic (exact) mass is 127 g/mol. The lowest BCUT2D eigenvalue weighted by Crippen LogP contribution is -2.02. The predicted octanol–water partition coefficient (Wildman–Crippen LogP) is 1.20. The molecule has 0 heterocycles. The Labute approximate surface area is 56.1 Å². The van der Waals surface area contributed by atoms with Gasteiger partial charge in [0.25, 0.3) is 0 Å². The van der Waals surface area contributed by atoms with Gasteiger partial charge in [-0.05, 0) is 6.92 Å². The van der Waals surface area contributed by atoms with E-state index < -0.39 is 0 Å². The lowest BCUT2D eigenvalue weighted by atomic mass is 10.7. The van der Waals surface area contributed by atoms with Gasteiger partial charge in [0.2, 0.25) is 0 Å². The SMILES string of the molecule is CCOC1=C(N(C)C)C1. The molecule has 0 aromatic rings. The molecule has 0 radical (unpaired) electrons. The molecule has 52 valence electrons. The summed E-state index contributed by atoms with van der Waals surface area (Å²) in [5.41, 5.74) is 1.34. The van der Waals surface area contributed by atoms with Crippen LogP contribution in [0.2, 0.25) is 0 Å². The van der Waals surface area contributed by atoms with Crippen LogP contribution in [0.4, 0.5) is 0 Å². The van der Waals surface area contributed by atoms with Crippen molar-refractivity contribution in [2.75, 3.05) is 20.7 Å². The standard InChI is InChI=1S/C7H13NO/c1-4-9-7-5-6(7)8(2)3/h4-5H2,1-3H3. The van der Waals surface area contributed by atoms with Crippen molar-refractivity contribution in [3.8, 4) is 0 Å². The first-order chi connectivity index (χ1) is 4.25. The van der Waals surface area contributed by atoms with Crippen LogP contribution in [0.1, 0.15) is 13.3 Å². The lowest BCUT2D eigenvalue weighted by Gasteiger charge is -2.02. The highest BCUT2D eigenvalue weighted by atomic mass is 16.5. The highest BCUT2D eigenvalue weighted by Crippen LogP contribution is 2.32. The normalized spacial score (nSPS) is 15.9. The molecule has 0 atom stereocenters. The molecule has 0 saturated heterocycles. The summed E-state index contributed by atoms with van der Waals surface area (Å²) < 4.78 is 5.26. The Balaban J connectivity index is 2.31. The number of hydrogen-bond acceptors (Lipinski definition) is 2. The molecule has 0 aliphatic heterocycles. The summed E-state index contributed by atoms with van der Waals surface area (Å²) >= 11 is 0. The van der Waals surface area contributed by atoms with Crippen molar-refractivity contribution in [1.29, 1.82) is 0 Å². The molecule has 1 rings (SSSR count). The molecule has 0 unspecified atom stereocenters. The fraction of sp³-hybridized carbons (Fsp3) is 0.714. The van der Waals surface area contributed by atoms with Gasteiger partial charge in [-0.1, -0.05) is 0 Å². The van der Waals surface area contributed by atoms with Crippen molar-refractivity contribution in [2.45, 2.75) is 13.3 Å². The van der Waals surface area contributed by atoms with Gasteiger partial charge in [0, 0.05) is 14.1 Å². The molecule has 0 aromatic carbocycles. The Hall–Kier alpha value is -0.660. The second kappa shape index (κ2) is 2.29. The van der Waals surface area contributed by atoms with Crippen molar-refractivity contribution < 1.29 is 4.74 Å². The molecule has 9 heavy (non-hydrogen) atoms. The summed E-state index contributed by atoms with van der Waals surface area (Å²) in [4.78, 5) is 2.10. The summed E-state index contributed by atoms with van der Waals surface area (Å²) in [5, 5.41) is 0. The number of ether oxygens (including phenoxy) is 1. The van der Waals surface area contributed by atoms with Crippen LogP contribution in [0.25, 0.3) is 0 Å². The summed E-state index contributed by atoms with van der Waals surface area (Å²) in [7, 11) is 4.09. The van der Waals surface area contributed by atoms with Crippen LogP contribution < -0.4 is 0 Å². The fourth-order valence-electron chi connectivity index (χ4n) is 0.824. The molecule has 1 aliphatic carbocycles. The highest BCUT2D eigenvalue weighted by Gasteiger charge is 2.24. The van der Waals surface area contributed by atoms with Crippen LogP contribution in [0.3, 0.4) is 0 Å². The van der Waals surface area contributed by atoms with E-state index in [1.54, 1.807) is 0 Å². The van der Waals surface area contributed by atoms with Crippen molar-refractivity contribution in [2.24, 2.45) is 0 Å². The molecule has 0 saturated carbocycles. The number of nitrogens with zero attached hydrogens (tertiary/aromatic N) is 1. The average molecular weight is 127 g/mol. The van der Waals surface area contributed by atoms with Crippen molar-refractivity contribution >= 4 is 0 Å². The first-order valence-electron chi connectivity index (χ1n) is 3.28. The Morgan fingerprint density at radius 2 is 2.22 bits per heavy atom. The smallest absolute Gasteiger partial charge is 0.121 e. The van der Waals surface area contributed by atoms with Crippen molar-refractivity contribution in [1.82, 2.24) is 4.90 Å². The van der Waals surface area contributed by atoms with Crippen LogP contribution in [-0.2, 0) is 4.74 Å². The predicted molar refractivity (Wildman–Crippen MR) is 37.0 cm³/mol. The zero-order chi connectivity index (χ0) is 6.85. The van der Waals surface area contributed by atoms with E-state index in [0.717, 1.165) is 13.0 Å². The fourth-order valence-corrected chi connectivity index (χ4v) is 0.824. The Kier molecular flexibility index (Phi) is 1.65. The minimum absolute atomic E-state index is 0.798. The second-order valence-electron chi connectivity index (χ2n) is 2.37. The van der Waals surface area contributed by atoms with Gasteiger partial charge in [-0.15, -0.1) is 0 Å². The largest absolute Gasteiger partial charge is 0.496 e. The molecular weight excluding hydrogens is 114 g/mol. The van der Waals surface area contributed by atoms with E-state index in [-0.39, 0.29) is 0 Å². The Morgan fingerprint density at radius 3 is 2.56 bits per heavy atom. The Bertz CT molecular complexity index is 138. The summed E-state index contributed by atoms with van der Waals surface area (Å²) in [6, 6.07) is 0. The summed E-state index contributed by atoms with van der Waals surface area (Å²) in [5.74, 6) is 1.17. The third-order valence-corrected chi connectivity index (χ3v) is 1.38. The third kappa shape index (κ3) is 1.37. The van der Waals surface area contributed by atoms with E-state index >= 15 is 0 Å². The molecule has 1 aliphatic rings. The topological polar surface area (TPSA) is 12.5 Å². The number of rotatable bonds is 3. The number of hydrogen-bond donors (Lipinski definition) is 0. The quantitative estimate of drug-likeness (QED) is 0.565. The minimum atomic E-state index is 0.798. The summed E-state index contributed by atoms with van der Waals surface area (Å²) in [6.07, 6.45) is 1.06. The Morgan fingerprint density at radius 1 is 1.56 bits per heavy atom. The van der Waals surface area contributed by atoms with E-state index in [2.05, 4.69) is 4.90 Å². The van der Waals surface area contributed by atoms with Crippen LogP contribution in [0, 0.1) is 0 Å². The van der Waals surface area contributed by atoms with Gasteiger partial charge in [0.15, 0.2) is 0 Å². The van der Waals surface area contributed by atoms with Gasteiger partial charge in [-0.3, -0.25) is 0 Å². The molecule has 0 aromatic heterocycles. The van der Waals surface area contributed by atoms with E-state index in [4.69, 9.17) is 4.74 Å². The van der Waals surface area contributed by atoms with E-state index in [1.807, 2.05) is 21.0 Å². The maximum absolute atomic E-state index is 5.26. The molecule has 0 N–H and O–H groups in total. The molecule has 0 amide bonds. The average Bonchev–Trinajstić information content (AvgIpc) is 2.47. The second-order valence-corrected chi connectivity index (χ2v) is 2.37. The highest BCUT2D eigenvalue weighted by molar-refractivity contribution is 5.27. The number of allylic oxidation sites excluding steroid dienone is 2. The van der Waals surface area contributed by atoms with E-state index in [9.17, 15) is 0 Å². The van der Waals surface area contributed by atoms with E-state index in [1.165, 1.54) is 11.5 Å². The van der Waals surface area contributed by atoms with Crippen LogP contribution >= 0.6 is 0 Å². The zero-order valence-corrected chi connectivity index (χ0v) is 6.27.